The van der Waals surface area contributed by atoms with Crippen molar-refractivity contribution in [2.24, 2.45) is 0 Å². The molecule has 0 atom stereocenters. The van der Waals surface area contributed by atoms with Crippen LogP contribution < -0.4 is 51.4 Å². The monoisotopic (exact) mass is 755 g/mol. The molecule has 0 N–H and O–H groups in total. The summed E-state index contributed by atoms with van der Waals surface area (Å²) in [6, 6.07) is 13.6. The van der Waals surface area contributed by atoms with Gasteiger partial charge in [-0.05, 0) is 40.1 Å². The van der Waals surface area contributed by atoms with Gasteiger partial charge >= 0.3 is 51.4 Å². The molecule has 0 aliphatic carbocycles. The topological polar surface area (TPSA) is 28.2 Å². The molecular formula is C42H76CrKN2Si2-. The molecule has 6 heteroatoms. The van der Waals surface area contributed by atoms with E-state index in [1.807, 2.05) is 0 Å². The van der Waals surface area contributed by atoms with E-state index in [0.717, 1.165) is 0 Å². The van der Waals surface area contributed by atoms with Crippen LogP contribution in [0.2, 0.25) is 33.2 Å². The SMILES string of the molecule is CC(C)c1cccc(C(C)C)c1[N-][Si](C(C)C)(C(C)C)C(C)C.CC(C)c1cccc(C(C)C)c1[N-][Si](C(C)C)(C(C)C)C(C)C.[Cr].[K+]. The maximum Gasteiger partial charge on any atom is 1.00 e. The summed E-state index contributed by atoms with van der Waals surface area (Å²) < 4.78 is 0. The first-order chi connectivity index (χ1) is 21.1. The van der Waals surface area contributed by atoms with E-state index >= 15 is 0 Å². The maximum atomic E-state index is 5.67. The predicted molar refractivity (Wildman–Crippen MR) is 217 cm³/mol. The summed E-state index contributed by atoms with van der Waals surface area (Å²) in [7, 11) is -3.60. The van der Waals surface area contributed by atoms with Crippen LogP contribution in [-0.4, -0.2) is 16.5 Å². The van der Waals surface area contributed by atoms with Gasteiger partial charge in [0.2, 0.25) is 0 Å². The van der Waals surface area contributed by atoms with Gasteiger partial charge in [-0.2, -0.15) is 0 Å². The average molecular weight is 756 g/mol. The van der Waals surface area contributed by atoms with Crippen molar-refractivity contribution in [2.45, 2.75) is 195 Å². The zero-order chi connectivity index (χ0) is 35.9. The molecule has 48 heavy (non-hydrogen) atoms. The van der Waals surface area contributed by atoms with Crippen LogP contribution in [0.4, 0.5) is 11.4 Å². The Kier molecular flexibility index (Phi) is 23.3. The molecule has 270 valence electrons. The Morgan fingerprint density at radius 2 is 0.521 bits per heavy atom. The van der Waals surface area contributed by atoms with Crippen molar-refractivity contribution in [3.8, 4) is 0 Å². The Labute approximate surface area is 356 Å². The standard InChI is InChI=1S/2C21H38NSi.Cr.K/c2*1-14(2)19-12-11-13-20(15(3)4)21(19)22-23(16(5)6,17(7)8)18(9)10;;/h2*11-18H,1-10H3;;/q2*-1;;+1. The molecule has 0 aliphatic rings. The van der Waals surface area contributed by atoms with Crippen molar-refractivity contribution in [1.29, 1.82) is 0 Å². The van der Waals surface area contributed by atoms with E-state index in [1.165, 1.54) is 33.6 Å². The van der Waals surface area contributed by atoms with Gasteiger partial charge in [-0.1, -0.05) is 230 Å². The maximum absolute atomic E-state index is 5.67. The minimum absolute atomic E-state index is 0. The summed E-state index contributed by atoms with van der Waals surface area (Å²) in [6.07, 6.45) is 0. The second-order valence-electron chi connectivity index (χ2n) is 17.1. The zero-order valence-electron chi connectivity index (χ0n) is 35.5. The van der Waals surface area contributed by atoms with Gasteiger partial charge in [0, 0.05) is 17.4 Å². The van der Waals surface area contributed by atoms with Crippen LogP contribution in [0, 0.1) is 0 Å². The number of hydrogen-bond acceptors (Lipinski definition) is 0. The molecule has 0 spiro atoms. The molecule has 0 fully saturated rings. The molecule has 2 aromatic carbocycles. The van der Waals surface area contributed by atoms with Crippen LogP contribution in [0.3, 0.4) is 0 Å². The summed E-state index contributed by atoms with van der Waals surface area (Å²) in [5, 5.41) is 0. The van der Waals surface area contributed by atoms with Crippen LogP contribution in [0.5, 0.6) is 0 Å². The summed E-state index contributed by atoms with van der Waals surface area (Å²) in [5.41, 5.74) is 12.3. The molecule has 0 amide bonds. The first-order valence-corrected chi connectivity index (χ1v) is 23.2. The van der Waals surface area contributed by atoms with Crippen LogP contribution in [0.25, 0.3) is 9.96 Å². The molecule has 0 radical (unpaired) electrons. The van der Waals surface area contributed by atoms with Gasteiger partial charge in [-0.15, -0.1) is 11.4 Å². The van der Waals surface area contributed by atoms with Crippen LogP contribution in [-0.2, 0) is 17.4 Å². The van der Waals surface area contributed by atoms with Gasteiger partial charge in [0.25, 0.3) is 0 Å². The Bertz CT molecular complexity index is 1010. The fourth-order valence-corrected chi connectivity index (χ4v) is 19.3. The van der Waals surface area contributed by atoms with Gasteiger partial charge in [0.05, 0.1) is 0 Å². The second-order valence-corrected chi connectivity index (χ2v) is 28.0. The quantitative estimate of drug-likeness (QED) is 0.172. The summed E-state index contributed by atoms with van der Waals surface area (Å²) >= 11 is 0. The third-order valence-corrected chi connectivity index (χ3v) is 23.2. The van der Waals surface area contributed by atoms with Crippen molar-refractivity contribution in [3.63, 3.8) is 0 Å². The Morgan fingerprint density at radius 3 is 0.646 bits per heavy atom. The fraction of sp³-hybridized carbons (Fsp3) is 0.714. The van der Waals surface area contributed by atoms with E-state index in [2.05, 4.69) is 175 Å². The molecular weight excluding hydrogens is 680 g/mol. The third-order valence-electron chi connectivity index (χ3n) is 10.8. The normalized spacial score (nSPS) is 12.5. The number of benzene rings is 2. The Hall–Kier alpha value is 0.643. The smallest absolute Gasteiger partial charge is 0.686 e. The molecule has 2 aromatic rings. The van der Waals surface area contributed by atoms with Crippen molar-refractivity contribution in [2.75, 3.05) is 0 Å². The zero-order valence-corrected chi connectivity index (χ0v) is 41.9. The van der Waals surface area contributed by atoms with E-state index in [0.29, 0.717) is 56.9 Å². The molecule has 2 rings (SSSR count). The van der Waals surface area contributed by atoms with Crippen molar-refractivity contribution < 1.29 is 68.7 Å². The predicted octanol–water partition coefficient (Wildman–Crippen LogP) is 13.2. The van der Waals surface area contributed by atoms with Gasteiger partial charge in [-0.3, -0.25) is 0 Å². The Morgan fingerprint density at radius 1 is 0.354 bits per heavy atom. The van der Waals surface area contributed by atoms with Gasteiger partial charge in [0.15, 0.2) is 0 Å². The van der Waals surface area contributed by atoms with E-state index in [4.69, 9.17) is 9.96 Å². The number of nitrogens with zero attached hydrogens (tertiary/aromatic N) is 2. The van der Waals surface area contributed by atoms with Crippen LogP contribution >= 0.6 is 0 Å². The molecule has 0 saturated carbocycles. The van der Waals surface area contributed by atoms with Crippen molar-refractivity contribution in [1.82, 2.24) is 0 Å². The van der Waals surface area contributed by atoms with Gasteiger partial charge in [-0.25, -0.2) is 0 Å². The molecule has 2 nitrogen and oxygen atoms in total. The van der Waals surface area contributed by atoms with E-state index in [1.54, 1.807) is 0 Å². The number of rotatable bonds is 14. The Balaban J connectivity index is 0. The second kappa shape index (κ2) is 22.0. The van der Waals surface area contributed by atoms with E-state index in [-0.39, 0.29) is 68.7 Å². The molecule has 0 unspecified atom stereocenters. The summed E-state index contributed by atoms with van der Waals surface area (Å²) in [5.74, 6) is 2.08. The minimum atomic E-state index is -1.80. The molecule has 0 bridgehead atoms. The first-order valence-electron chi connectivity index (χ1n) is 18.8. The van der Waals surface area contributed by atoms with Crippen LogP contribution in [0.1, 0.15) is 184 Å². The molecule has 0 saturated heterocycles. The van der Waals surface area contributed by atoms with Crippen molar-refractivity contribution in [3.05, 3.63) is 68.6 Å². The average Bonchev–Trinajstić information content (AvgIpc) is 2.92. The van der Waals surface area contributed by atoms with Crippen LogP contribution in [0.15, 0.2) is 36.4 Å². The van der Waals surface area contributed by atoms with Gasteiger partial charge in [0.1, 0.15) is 0 Å². The largest absolute Gasteiger partial charge is 1.00 e. The van der Waals surface area contributed by atoms with Crippen molar-refractivity contribution >= 4 is 27.8 Å². The minimum Gasteiger partial charge on any atom is -0.686 e. The fourth-order valence-electron chi connectivity index (χ4n) is 8.44. The van der Waals surface area contributed by atoms with Gasteiger partial charge < -0.3 is 9.96 Å². The van der Waals surface area contributed by atoms with E-state index in [9.17, 15) is 0 Å². The first kappa shape index (κ1) is 50.8. The molecule has 0 heterocycles. The third kappa shape index (κ3) is 11.8. The molecule has 0 aromatic heterocycles. The van der Waals surface area contributed by atoms with E-state index < -0.39 is 16.5 Å². The molecule has 0 aliphatic heterocycles. The number of hydrogen-bond donors (Lipinski definition) is 0. The summed E-state index contributed by atoms with van der Waals surface area (Å²) in [4.78, 5) is 11.3. The summed E-state index contributed by atoms with van der Waals surface area (Å²) in [6.45, 7) is 47.0.